The van der Waals surface area contributed by atoms with Gasteiger partial charge in [0.25, 0.3) is 0 Å². The molecule has 0 saturated carbocycles. The smallest absolute Gasteiger partial charge is 0.220 e. The number of aliphatic hydroxyl groups excluding tert-OH is 1. The van der Waals surface area contributed by atoms with Crippen LogP contribution in [0.25, 0.3) is 0 Å². The molecule has 0 saturated heterocycles. The molecule has 0 fully saturated rings. The quantitative estimate of drug-likeness (QED) is 0.451. The molecule has 1 unspecified atom stereocenters. The predicted octanol–water partition coefficient (Wildman–Crippen LogP) is 2.21. The molecule has 4 nitrogen and oxygen atoms in total. The van der Waals surface area contributed by atoms with Crippen molar-refractivity contribution in [2.24, 2.45) is 0 Å². The van der Waals surface area contributed by atoms with Crippen molar-refractivity contribution in [1.82, 2.24) is 10.6 Å². The van der Waals surface area contributed by atoms with Crippen LogP contribution in [0.1, 0.15) is 65.2 Å². The number of hydrogen-bond acceptors (Lipinski definition) is 3. The molecule has 3 N–H and O–H groups in total. The Morgan fingerprint density at radius 1 is 1.05 bits per heavy atom. The number of carbonyl (C=O) groups is 1. The molecule has 1 atom stereocenters. The van der Waals surface area contributed by atoms with E-state index < -0.39 is 0 Å². The molecular weight excluding hydrogens is 240 g/mol. The Morgan fingerprint density at radius 3 is 2.32 bits per heavy atom. The lowest BCUT2D eigenvalue weighted by atomic mass is 10.1. The van der Waals surface area contributed by atoms with Crippen molar-refractivity contribution in [2.75, 3.05) is 19.6 Å². The summed E-state index contributed by atoms with van der Waals surface area (Å²) in [5.74, 6) is 0.146. The van der Waals surface area contributed by atoms with Crippen LogP contribution in [0.5, 0.6) is 0 Å². The number of hydrogen-bond donors (Lipinski definition) is 3. The third-order valence-corrected chi connectivity index (χ3v) is 3.07. The Hall–Kier alpha value is -0.610. The summed E-state index contributed by atoms with van der Waals surface area (Å²) in [4.78, 5) is 11.5. The molecule has 0 radical (unpaired) electrons. The average molecular weight is 272 g/mol. The van der Waals surface area contributed by atoms with Gasteiger partial charge in [-0.05, 0) is 13.3 Å². The van der Waals surface area contributed by atoms with Gasteiger partial charge in [0.1, 0.15) is 0 Å². The van der Waals surface area contributed by atoms with Crippen molar-refractivity contribution in [2.45, 2.75) is 71.3 Å². The van der Waals surface area contributed by atoms with Crippen LogP contribution in [-0.4, -0.2) is 36.8 Å². The molecule has 0 bridgehead atoms. The fourth-order valence-electron chi connectivity index (χ4n) is 1.93. The Morgan fingerprint density at radius 2 is 1.68 bits per heavy atom. The molecule has 0 aliphatic rings. The van der Waals surface area contributed by atoms with Gasteiger partial charge >= 0.3 is 0 Å². The van der Waals surface area contributed by atoms with E-state index in [0.717, 1.165) is 12.8 Å². The number of nitrogens with one attached hydrogen (secondary N) is 2. The van der Waals surface area contributed by atoms with Crippen LogP contribution in [0.4, 0.5) is 0 Å². The molecule has 0 aromatic carbocycles. The molecule has 0 aliphatic heterocycles. The second-order valence-electron chi connectivity index (χ2n) is 5.27. The summed E-state index contributed by atoms with van der Waals surface area (Å²) in [6.07, 6.45) is 8.98. The third kappa shape index (κ3) is 15.3. The van der Waals surface area contributed by atoms with E-state index in [9.17, 15) is 4.79 Å². The number of rotatable bonds is 13. The maximum atomic E-state index is 11.5. The second kappa shape index (κ2) is 13.8. The first-order valence-electron chi connectivity index (χ1n) is 7.82. The van der Waals surface area contributed by atoms with Gasteiger partial charge in [-0.15, -0.1) is 0 Å². The molecule has 4 heteroatoms. The fraction of sp³-hybridized carbons (Fsp3) is 0.933. The summed E-state index contributed by atoms with van der Waals surface area (Å²) in [5, 5.41) is 15.0. The molecule has 0 spiro atoms. The molecule has 19 heavy (non-hydrogen) atoms. The van der Waals surface area contributed by atoms with Crippen LogP contribution in [0.3, 0.4) is 0 Å². The van der Waals surface area contributed by atoms with E-state index in [2.05, 4.69) is 17.6 Å². The molecule has 114 valence electrons. The highest BCUT2D eigenvalue weighted by molar-refractivity contribution is 5.75. The summed E-state index contributed by atoms with van der Waals surface area (Å²) < 4.78 is 0. The highest BCUT2D eigenvalue weighted by Crippen LogP contribution is 2.08. The molecular formula is C15H32N2O2. The lowest BCUT2D eigenvalue weighted by Crippen LogP contribution is -2.34. The van der Waals surface area contributed by atoms with E-state index in [4.69, 9.17) is 5.11 Å². The van der Waals surface area contributed by atoms with Gasteiger partial charge in [-0.1, -0.05) is 45.4 Å². The number of amides is 1. The lowest BCUT2D eigenvalue weighted by Gasteiger charge is -2.08. The molecule has 0 aromatic rings. The van der Waals surface area contributed by atoms with Crippen molar-refractivity contribution in [3.63, 3.8) is 0 Å². The first-order valence-corrected chi connectivity index (χ1v) is 7.82. The molecule has 1 amide bonds. The molecule has 0 rings (SSSR count). The van der Waals surface area contributed by atoms with Crippen LogP contribution in [0.15, 0.2) is 0 Å². The standard InChI is InChI=1S/C15H32N2O2/c1-3-4-5-6-7-8-9-10-15(19)17-12-11-16-13-14(2)18/h14,16,18H,3-13H2,1-2H3,(H,17,19). The fourth-order valence-corrected chi connectivity index (χ4v) is 1.93. The monoisotopic (exact) mass is 272 g/mol. The van der Waals surface area contributed by atoms with Gasteiger partial charge in [0.15, 0.2) is 0 Å². The van der Waals surface area contributed by atoms with Crippen LogP contribution < -0.4 is 10.6 Å². The van der Waals surface area contributed by atoms with Gasteiger partial charge in [0.05, 0.1) is 6.10 Å². The minimum Gasteiger partial charge on any atom is -0.392 e. The van der Waals surface area contributed by atoms with Crippen LogP contribution in [0.2, 0.25) is 0 Å². The summed E-state index contributed by atoms with van der Waals surface area (Å²) in [6.45, 7) is 5.90. The molecule has 0 heterocycles. The lowest BCUT2D eigenvalue weighted by molar-refractivity contribution is -0.121. The van der Waals surface area contributed by atoms with Gasteiger partial charge in [-0.25, -0.2) is 0 Å². The van der Waals surface area contributed by atoms with Crippen LogP contribution >= 0.6 is 0 Å². The van der Waals surface area contributed by atoms with E-state index in [0.29, 0.717) is 26.1 Å². The van der Waals surface area contributed by atoms with Gasteiger partial charge in [0, 0.05) is 26.1 Å². The summed E-state index contributed by atoms with van der Waals surface area (Å²) in [5.41, 5.74) is 0. The summed E-state index contributed by atoms with van der Waals surface area (Å²) in [7, 11) is 0. The van der Waals surface area contributed by atoms with Gasteiger partial charge < -0.3 is 15.7 Å². The zero-order valence-electron chi connectivity index (χ0n) is 12.7. The van der Waals surface area contributed by atoms with E-state index in [1.165, 1.54) is 32.1 Å². The van der Waals surface area contributed by atoms with E-state index in [1.807, 2.05) is 0 Å². The van der Waals surface area contributed by atoms with Crippen LogP contribution in [0, 0.1) is 0 Å². The van der Waals surface area contributed by atoms with Crippen molar-refractivity contribution in [3.8, 4) is 0 Å². The van der Waals surface area contributed by atoms with Crippen molar-refractivity contribution < 1.29 is 9.90 Å². The zero-order chi connectivity index (χ0) is 14.3. The normalized spacial score (nSPS) is 12.4. The Labute approximate surface area is 118 Å². The topological polar surface area (TPSA) is 61.4 Å². The minimum absolute atomic E-state index is 0.146. The minimum atomic E-state index is -0.330. The van der Waals surface area contributed by atoms with Gasteiger partial charge in [-0.2, -0.15) is 0 Å². The van der Waals surface area contributed by atoms with Crippen molar-refractivity contribution in [1.29, 1.82) is 0 Å². The zero-order valence-corrected chi connectivity index (χ0v) is 12.7. The van der Waals surface area contributed by atoms with E-state index in [-0.39, 0.29) is 12.0 Å². The predicted molar refractivity (Wildman–Crippen MR) is 80.2 cm³/mol. The Balaban J connectivity index is 3.17. The Kier molecular flexibility index (Phi) is 13.4. The van der Waals surface area contributed by atoms with Gasteiger partial charge in [-0.3, -0.25) is 4.79 Å². The highest BCUT2D eigenvalue weighted by atomic mass is 16.3. The third-order valence-electron chi connectivity index (χ3n) is 3.07. The van der Waals surface area contributed by atoms with E-state index >= 15 is 0 Å². The second-order valence-corrected chi connectivity index (χ2v) is 5.27. The first-order chi connectivity index (χ1) is 9.16. The van der Waals surface area contributed by atoms with E-state index in [1.54, 1.807) is 6.92 Å². The summed E-state index contributed by atoms with van der Waals surface area (Å²) >= 11 is 0. The first kappa shape index (κ1) is 18.4. The van der Waals surface area contributed by atoms with Crippen molar-refractivity contribution in [3.05, 3.63) is 0 Å². The maximum absolute atomic E-state index is 11.5. The molecule has 0 aromatic heterocycles. The van der Waals surface area contributed by atoms with Gasteiger partial charge in [0.2, 0.25) is 5.91 Å². The highest BCUT2D eigenvalue weighted by Gasteiger charge is 2.00. The number of carbonyl (C=O) groups excluding carboxylic acids is 1. The maximum Gasteiger partial charge on any atom is 0.220 e. The number of aliphatic hydroxyl groups is 1. The van der Waals surface area contributed by atoms with Crippen molar-refractivity contribution >= 4 is 5.91 Å². The van der Waals surface area contributed by atoms with Crippen LogP contribution in [-0.2, 0) is 4.79 Å². The SMILES string of the molecule is CCCCCCCCCC(=O)NCCNCC(C)O. The molecule has 0 aliphatic carbocycles. The summed E-state index contributed by atoms with van der Waals surface area (Å²) in [6, 6.07) is 0. The Bertz CT molecular complexity index is 208. The average Bonchev–Trinajstić information content (AvgIpc) is 2.37. The number of unbranched alkanes of at least 4 members (excludes halogenated alkanes) is 6. The largest absolute Gasteiger partial charge is 0.392 e.